The first-order chi connectivity index (χ1) is 21.3. The highest BCUT2D eigenvalue weighted by molar-refractivity contribution is 6.30. The number of amidine groups is 1. The molecule has 0 radical (unpaired) electrons. The number of nitrogens with zero attached hydrogens (tertiary/aromatic N) is 4. The fraction of sp³-hybridized carbons (Fsp3) is 0.472. The molecule has 2 aliphatic rings. The van der Waals surface area contributed by atoms with Crippen molar-refractivity contribution < 1.29 is 14.6 Å². The van der Waals surface area contributed by atoms with Crippen LogP contribution in [-0.4, -0.2) is 58.1 Å². The number of halogens is 2. The maximum absolute atomic E-state index is 15.0. The van der Waals surface area contributed by atoms with E-state index in [-0.39, 0.29) is 18.1 Å². The minimum atomic E-state index is -0.980. The zero-order valence-corrected chi connectivity index (χ0v) is 28.6. The van der Waals surface area contributed by atoms with Crippen LogP contribution in [0.15, 0.2) is 65.8 Å². The van der Waals surface area contributed by atoms with Crippen LogP contribution in [0.1, 0.15) is 83.2 Å². The molecule has 2 amide bonds. The van der Waals surface area contributed by atoms with E-state index in [1.807, 2.05) is 71.3 Å². The number of benzene rings is 2. The number of aromatic nitrogens is 1. The highest BCUT2D eigenvalue weighted by atomic mass is 35.5. The minimum Gasteiger partial charge on any atom is -0.493 e. The van der Waals surface area contributed by atoms with Crippen LogP contribution in [0.2, 0.25) is 10.0 Å². The molecule has 2 aliphatic heterocycles. The Morgan fingerprint density at radius 3 is 2.11 bits per heavy atom. The standard InChI is InChI=1S/C36H44Cl2N4O3/c1-7-45-30-22-31(34(2,3)4)39-23-29(30)32-40-35(5,25-8-12-27(37)13-9-25)36(6,26-10-14-28(38)15-11-26)42(32)33(44)41-19-16-24(17-20-41)18-21-43/h8-15,22-24,43H,7,16-21H2,1-6H3/t35-,36?/m0/s1. The van der Waals surface area contributed by atoms with Crippen molar-refractivity contribution in [2.24, 2.45) is 10.9 Å². The van der Waals surface area contributed by atoms with Crippen LogP contribution >= 0.6 is 23.2 Å². The predicted molar refractivity (Wildman–Crippen MR) is 181 cm³/mol. The summed E-state index contributed by atoms with van der Waals surface area (Å²) in [5.74, 6) is 1.53. The number of aliphatic hydroxyl groups excluding tert-OH is 1. The zero-order valence-electron chi connectivity index (χ0n) is 27.1. The van der Waals surface area contributed by atoms with Crippen molar-refractivity contribution in [1.82, 2.24) is 14.8 Å². The Hall–Kier alpha value is -3.13. The number of hydrogen-bond acceptors (Lipinski definition) is 5. The Kier molecular flexibility index (Phi) is 9.55. The maximum Gasteiger partial charge on any atom is 0.326 e. The average molecular weight is 652 g/mol. The second-order valence-electron chi connectivity index (χ2n) is 13.4. The zero-order chi connectivity index (χ0) is 32.6. The fourth-order valence-electron chi connectivity index (χ4n) is 6.59. The molecule has 3 heterocycles. The van der Waals surface area contributed by atoms with Gasteiger partial charge in [-0.05, 0) is 81.3 Å². The lowest BCUT2D eigenvalue weighted by atomic mass is 9.71. The van der Waals surface area contributed by atoms with Crippen molar-refractivity contribution in [3.63, 3.8) is 0 Å². The first-order valence-electron chi connectivity index (χ1n) is 15.8. The van der Waals surface area contributed by atoms with Gasteiger partial charge in [0.25, 0.3) is 0 Å². The third-order valence-electron chi connectivity index (χ3n) is 9.54. The van der Waals surface area contributed by atoms with Crippen molar-refractivity contribution >= 4 is 35.1 Å². The van der Waals surface area contributed by atoms with E-state index in [0.29, 0.717) is 52.8 Å². The normalized spacial score (nSPS) is 22.5. The fourth-order valence-corrected chi connectivity index (χ4v) is 6.85. The minimum absolute atomic E-state index is 0.131. The van der Waals surface area contributed by atoms with Gasteiger partial charge >= 0.3 is 6.03 Å². The Labute approximate surface area is 277 Å². The third kappa shape index (κ3) is 6.19. The number of rotatable bonds is 7. The van der Waals surface area contributed by atoms with E-state index in [4.69, 9.17) is 37.9 Å². The number of carbonyl (C=O) groups is 1. The van der Waals surface area contributed by atoms with Crippen LogP contribution in [0.5, 0.6) is 5.75 Å². The number of likely N-dealkylation sites (tertiary alicyclic amines) is 1. The molecule has 1 unspecified atom stereocenters. The predicted octanol–water partition coefficient (Wildman–Crippen LogP) is 8.19. The van der Waals surface area contributed by atoms with Crippen LogP contribution < -0.4 is 4.74 Å². The monoisotopic (exact) mass is 650 g/mol. The Morgan fingerprint density at radius 2 is 1.58 bits per heavy atom. The number of amides is 2. The summed E-state index contributed by atoms with van der Waals surface area (Å²) in [5.41, 5.74) is 1.24. The molecule has 1 N–H and O–H groups in total. The summed E-state index contributed by atoms with van der Waals surface area (Å²) < 4.78 is 6.25. The van der Waals surface area contributed by atoms with Crippen LogP contribution in [0.4, 0.5) is 4.79 Å². The van der Waals surface area contributed by atoms with Crippen molar-refractivity contribution in [3.8, 4) is 5.75 Å². The lowest BCUT2D eigenvalue weighted by Crippen LogP contribution is -2.59. The van der Waals surface area contributed by atoms with Gasteiger partial charge in [0.05, 0.1) is 12.2 Å². The van der Waals surface area contributed by atoms with Gasteiger partial charge in [0, 0.05) is 53.1 Å². The SMILES string of the molecule is CCOc1cc(C(C)(C)C)ncc1C1=N[C@@](C)(c2ccc(Cl)cc2)C(C)(c2ccc(Cl)cc2)N1C(=O)N1CCC(CCO)CC1. The third-order valence-corrected chi connectivity index (χ3v) is 10.0. The second kappa shape index (κ2) is 12.9. The molecular weight excluding hydrogens is 607 g/mol. The highest BCUT2D eigenvalue weighted by Crippen LogP contribution is 2.54. The molecular formula is C36H44Cl2N4O3. The molecule has 45 heavy (non-hydrogen) atoms. The first-order valence-corrected chi connectivity index (χ1v) is 16.5. The number of aliphatic hydroxyl groups is 1. The van der Waals surface area contributed by atoms with Crippen LogP contribution in [0, 0.1) is 5.92 Å². The molecule has 2 aromatic carbocycles. The van der Waals surface area contributed by atoms with Crippen molar-refractivity contribution in [2.75, 3.05) is 26.3 Å². The molecule has 1 aromatic heterocycles. The Morgan fingerprint density at radius 1 is 1.00 bits per heavy atom. The van der Waals surface area contributed by atoms with Gasteiger partial charge in [0.1, 0.15) is 22.7 Å². The number of hydrogen-bond donors (Lipinski definition) is 1. The van der Waals surface area contributed by atoms with Gasteiger partial charge < -0.3 is 14.7 Å². The second-order valence-corrected chi connectivity index (χ2v) is 14.3. The van der Waals surface area contributed by atoms with Gasteiger partial charge in [-0.15, -0.1) is 0 Å². The van der Waals surface area contributed by atoms with Crippen LogP contribution in [0.25, 0.3) is 0 Å². The van der Waals surface area contributed by atoms with E-state index < -0.39 is 11.1 Å². The lowest BCUT2D eigenvalue weighted by Gasteiger charge is -2.47. The van der Waals surface area contributed by atoms with Gasteiger partial charge in [-0.2, -0.15) is 0 Å². The molecule has 1 saturated heterocycles. The maximum atomic E-state index is 15.0. The summed E-state index contributed by atoms with van der Waals surface area (Å²) in [6.07, 6.45) is 4.22. The molecule has 9 heteroatoms. The number of piperidine rings is 1. The van der Waals surface area contributed by atoms with E-state index in [1.54, 1.807) is 6.20 Å². The van der Waals surface area contributed by atoms with Crippen LogP contribution in [-0.2, 0) is 16.5 Å². The van der Waals surface area contributed by atoms with Gasteiger partial charge in [-0.25, -0.2) is 4.79 Å². The molecule has 2 atom stereocenters. The summed E-state index contributed by atoms with van der Waals surface area (Å²) in [7, 11) is 0. The highest BCUT2D eigenvalue weighted by Gasteiger charge is 2.60. The van der Waals surface area contributed by atoms with Gasteiger partial charge in [0.2, 0.25) is 0 Å². The summed E-state index contributed by atoms with van der Waals surface area (Å²) >= 11 is 12.7. The summed E-state index contributed by atoms with van der Waals surface area (Å²) in [4.78, 5) is 29.1. The molecule has 0 bridgehead atoms. The molecule has 3 aromatic rings. The van der Waals surface area contributed by atoms with Crippen molar-refractivity contribution in [2.45, 2.75) is 77.3 Å². The first kappa shape index (κ1) is 33.2. The number of aliphatic imine (C=N–C) groups is 1. The quantitative estimate of drug-likeness (QED) is 0.280. The van der Waals surface area contributed by atoms with E-state index in [0.717, 1.165) is 36.1 Å². The molecule has 7 nitrogen and oxygen atoms in total. The lowest BCUT2D eigenvalue weighted by molar-refractivity contribution is 0.0940. The molecule has 240 valence electrons. The molecule has 0 aliphatic carbocycles. The van der Waals surface area contributed by atoms with Gasteiger partial charge in [0.15, 0.2) is 0 Å². The number of carbonyl (C=O) groups excluding carboxylic acids is 1. The van der Waals surface area contributed by atoms with E-state index in [9.17, 15) is 9.90 Å². The van der Waals surface area contributed by atoms with Crippen molar-refractivity contribution in [3.05, 3.63) is 93.2 Å². The van der Waals surface area contributed by atoms with Crippen molar-refractivity contribution in [1.29, 1.82) is 0 Å². The van der Waals surface area contributed by atoms with E-state index >= 15 is 0 Å². The topological polar surface area (TPSA) is 78.3 Å². The Balaban J connectivity index is 1.75. The van der Waals surface area contributed by atoms with E-state index in [1.165, 1.54) is 0 Å². The summed E-state index contributed by atoms with van der Waals surface area (Å²) in [5, 5.41) is 10.8. The summed E-state index contributed by atoms with van der Waals surface area (Å²) in [6.45, 7) is 14.2. The van der Waals surface area contributed by atoms with Gasteiger partial charge in [-0.1, -0.05) is 68.2 Å². The van der Waals surface area contributed by atoms with E-state index in [2.05, 4.69) is 34.6 Å². The number of urea groups is 1. The Bertz CT molecular complexity index is 1550. The largest absolute Gasteiger partial charge is 0.493 e. The smallest absolute Gasteiger partial charge is 0.326 e. The average Bonchev–Trinajstić information content (AvgIpc) is 3.25. The van der Waals surface area contributed by atoms with Crippen LogP contribution in [0.3, 0.4) is 0 Å². The number of pyridine rings is 1. The molecule has 1 fully saturated rings. The molecule has 0 spiro atoms. The summed E-state index contributed by atoms with van der Waals surface area (Å²) in [6, 6.07) is 17.2. The number of ether oxygens (including phenoxy) is 1. The van der Waals surface area contributed by atoms with Gasteiger partial charge in [-0.3, -0.25) is 14.9 Å². The molecule has 5 rings (SSSR count). The molecule has 0 saturated carbocycles.